The van der Waals surface area contributed by atoms with Crippen LogP contribution in [-0.4, -0.2) is 5.78 Å². The highest BCUT2D eigenvalue weighted by molar-refractivity contribution is 6.00. The Morgan fingerprint density at radius 3 is 2.30 bits per heavy atom. The number of carbonyl (C=O) groups excluding carboxylic acids is 1. The minimum atomic E-state index is 0.104. The van der Waals surface area contributed by atoms with Gasteiger partial charge in [-0.05, 0) is 43.0 Å². The first-order valence-electron chi connectivity index (χ1n) is 7.04. The van der Waals surface area contributed by atoms with Gasteiger partial charge in [0.15, 0.2) is 5.78 Å². The van der Waals surface area contributed by atoms with Crippen LogP contribution < -0.4 is 5.32 Å². The third kappa shape index (κ3) is 3.27. The summed E-state index contributed by atoms with van der Waals surface area (Å²) in [6.07, 6.45) is 1.06. The zero-order valence-corrected chi connectivity index (χ0v) is 12.4. The quantitative estimate of drug-likeness (QED) is 0.815. The van der Waals surface area contributed by atoms with Gasteiger partial charge in [0, 0.05) is 17.8 Å². The minimum Gasteiger partial charge on any atom is -0.380 e. The Morgan fingerprint density at radius 1 is 1.05 bits per heavy atom. The standard InChI is InChI=1S/C18H21NO/c1-4-15-8-10-16(11-9-15)12-19-17-7-5-6-13(2)18(17)14(3)20/h5-11,19H,4,12H2,1-3H3. The topological polar surface area (TPSA) is 29.1 Å². The maximum atomic E-state index is 11.7. The van der Waals surface area contributed by atoms with E-state index in [1.165, 1.54) is 11.1 Å². The Bertz CT molecular complexity index is 599. The van der Waals surface area contributed by atoms with Crippen LogP contribution in [0.1, 0.15) is 40.9 Å². The van der Waals surface area contributed by atoms with Gasteiger partial charge in [0.25, 0.3) is 0 Å². The summed E-state index contributed by atoms with van der Waals surface area (Å²) in [6.45, 7) is 6.47. The molecule has 104 valence electrons. The molecule has 0 unspecified atom stereocenters. The Kier molecular flexibility index (Phi) is 4.57. The molecule has 1 N–H and O–H groups in total. The number of nitrogens with one attached hydrogen (secondary N) is 1. The molecule has 0 aliphatic rings. The third-order valence-electron chi connectivity index (χ3n) is 3.54. The van der Waals surface area contributed by atoms with Gasteiger partial charge in [0.05, 0.1) is 0 Å². The Hall–Kier alpha value is -2.09. The van der Waals surface area contributed by atoms with Crippen molar-refractivity contribution in [2.45, 2.75) is 33.7 Å². The van der Waals surface area contributed by atoms with E-state index in [0.717, 1.165) is 29.8 Å². The first-order valence-corrected chi connectivity index (χ1v) is 7.04. The van der Waals surface area contributed by atoms with Gasteiger partial charge in [0.1, 0.15) is 0 Å². The molecule has 0 saturated carbocycles. The lowest BCUT2D eigenvalue weighted by molar-refractivity contribution is 0.101. The van der Waals surface area contributed by atoms with Crippen LogP contribution in [0.2, 0.25) is 0 Å². The van der Waals surface area contributed by atoms with Crippen LogP contribution in [-0.2, 0) is 13.0 Å². The average molecular weight is 267 g/mol. The molecule has 2 aromatic carbocycles. The van der Waals surface area contributed by atoms with Gasteiger partial charge < -0.3 is 5.32 Å². The molecule has 0 atom stereocenters. The summed E-state index contributed by atoms with van der Waals surface area (Å²) in [6, 6.07) is 14.5. The van der Waals surface area contributed by atoms with E-state index in [9.17, 15) is 4.79 Å². The molecule has 2 rings (SSSR count). The number of carbonyl (C=O) groups is 1. The number of aryl methyl sites for hydroxylation is 2. The fraction of sp³-hybridized carbons (Fsp3) is 0.278. The highest BCUT2D eigenvalue weighted by Crippen LogP contribution is 2.21. The molecule has 2 aromatic rings. The molecule has 20 heavy (non-hydrogen) atoms. The molecule has 0 bridgehead atoms. The molecule has 0 radical (unpaired) electrons. The maximum absolute atomic E-state index is 11.7. The highest BCUT2D eigenvalue weighted by atomic mass is 16.1. The second-order valence-corrected chi connectivity index (χ2v) is 5.08. The number of rotatable bonds is 5. The van der Waals surface area contributed by atoms with Crippen LogP contribution in [0.4, 0.5) is 5.69 Å². The van der Waals surface area contributed by atoms with Crippen molar-refractivity contribution in [1.82, 2.24) is 0 Å². The molecular weight excluding hydrogens is 246 g/mol. The van der Waals surface area contributed by atoms with Crippen LogP contribution in [0.3, 0.4) is 0 Å². The van der Waals surface area contributed by atoms with Crippen molar-refractivity contribution in [1.29, 1.82) is 0 Å². The number of hydrogen-bond donors (Lipinski definition) is 1. The zero-order chi connectivity index (χ0) is 14.5. The predicted octanol–water partition coefficient (Wildman–Crippen LogP) is 4.37. The zero-order valence-electron chi connectivity index (χ0n) is 12.4. The lowest BCUT2D eigenvalue weighted by Gasteiger charge is -2.12. The molecule has 0 spiro atoms. The van der Waals surface area contributed by atoms with Gasteiger partial charge in [-0.2, -0.15) is 0 Å². The van der Waals surface area contributed by atoms with Crippen molar-refractivity contribution in [2.75, 3.05) is 5.32 Å². The fourth-order valence-electron chi connectivity index (χ4n) is 2.37. The number of Topliss-reactive ketones (excluding diaryl/α,β-unsaturated/α-hetero) is 1. The summed E-state index contributed by atoms with van der Waals surface area (Å²) in [4.78, 5) is 11.7. The molecular formula is C18H21NO. The van der Waals surface area contributed by atoms with E-state index in [-0.39, 0.29) is 5.78 Å². The lowest BCUT2D eigenvalue weighted by atomic mass is 10.0. The SMILES string of the molecule is CCc1ccc(CNc2cccc(C)c2C(C)=O)cc1. The van der Waals surface area contributed by atoms with Crippen LogP contribution in [0, 0.1) is 6.92 Å². The molecule has 0 amide bonds. The fourth-order valence-corrected chi connectivity index (χ4v) is 2.37. The number of ketones is 1. The summed E-state index contributed by atoms with van der Waals surface area (Å²) >= 11 is 0. The summed E-state index contributed by atoms with van der Waals surface area (Å²) in [7, 11) is 0. The van der Waals surface area contributed by atoms with Crippen LogP contribution in [0.15, 0.2) is 42.5 Å². The number of anilines is 1. The van der Waals surface area contributed by atoms with Crippen LogP contribution in [0.25, 0.3) is 0 Å². The van der Waals surface area contributed by atoms with Crippen molar-refractivity contribution in [3.8, 4) is 0 Å². The summed E-state index contributed by atoms with van der Waals surface area (Å²) < 4.78 is 0. The monoisotopic (exact) mass is 267 g/mol. The predicted molar refractivity (Wildman–Crippen MR) is 84.3 cm³/mol. The Balaban J connectivity index is 2.14. The Labute approximate surface area is 120 Å². The van der Waals surface area contributed by atoms with Crippen molar-refractivity contribution < 1.29 is 4.79 Å². The van der Waals surface area contributed by atoms with E-state index in [2.05, 4.69) is 36.5 Å². The van der Waals surface area contributed by atoms with Crippen molar-refractivity contribution in [3.05, 3.63) is 64.7 Å². The first kappa shape index (κ1) is 14.3. The molecule has 0 fully saturated rings. The van der Waals surface area contributed by atoms with E-state index in [4.69, 9.17) is 0 Å². The third-order valence-corrected chi connectivity index (χ3v) is 3.54. The van der Waals surface area contributed by atoms with Crippen LogP contribution >= 0.6 is 0 Å². The normalized spacial score (nSPS) is 10.3. The first-order chi connectivity index (χ1) is 9.61. The molecule has 0 aromatic heterocycles. The molecule has 2 heteroatoms. The van der Waals surface area contributed by atoms with Crippen molar-refractivity contribution in [2.24, 2.45) is 0 Å². The van der Waals surface area contributed by atoms with E-state index in [1.54, 1.807) is 6.92 Å². The highest BCUT2D eigenvalue weighted by Gasteiger charge is 2.09. The smallest absolute Gasteiger partial charge is 0.162 e. The summed E-state index contributed by atoms with van der Waals surface area (Å²) in [5, 5.41) is 3.37. The number of hydrogen-bond acceptors (Lipinski definition) is 2. The van der Waals surface area contributed by atoms with Crippen molar-refractivity contribution >= 4 is 11.5 Å². The minimum absolute atomic E-state index is 0.104. The molecule has 0 aliphatic heterocycles. The summed E-state index contributed by atoms with van der Waals surface area (Å²) in [5.74, 6) is 0.104. The Morgan fingerprint density at radius 2 is 1.70 bits per heavy atom. The van der Waals surface area contributed by atoms with Gasteiger partial charge in [-0.15, -0.1) is 0 Å². The molecule has 0 heterocycles. The molecule has 0 aliphatic carbocycles. The second-order valence-electron chi connectivity index (χ2n) is 5.08. The van der Waals surface area contributed by atoms with E-state index >= 15 is 0 Å². The molecule has 2 nitrogen and oxygen atoms in total. The van der Waals surface area contributed by atoms with E-state index in [0.29, 0.717) is 0 Å². The maximum Gasteiger partial charge on any atom is 0.162 e. The average Bonchev–Trinajstić information content (AvgIpc) is 2.45. The second kappa shape index (κ2) is 6.38. The van der Waals surface area contributed by atoms with Gasteiger partial charge >= 0.3 is 0 Å². The van der Waals surface area contributed by atoms with Gasteiger partial charge in [-0.25, -0.2) is 0 Å². The van der Waals surface area contributed by atoms with Gasteiger partial charge in [-0.1, -0.05) is 43.3 Å². The van der Waals surface area contributed by atoms with Gasteiger partial charge in [0.2, 0.25) is 0 Å². The summed E-state index contributed by atoms with van der Waals surface area (Å²) in [5.41, 5.74) is 5.28. The van der Waals surface area contributed by atoms with Gasteiger partial charge in [-0.3, -0.25) is 4.79 Å². The van der Waals surface area contributed by atoms with E-state index < -0.39 is 0 Å². The lowest BCUT2D eigenvalue weighted by Crippen LogP contribution is -2.06. The van der Waals surface area contributed by atoms with E-state index in [1.807, 2.05) is 25.1 Å². The largest absolute Gasteiger partial charge is 0.380 e. The molecule has 0 saturated heterocycles. The van der Waals surface area contributed by atoms with Crippen molar-refractivity contribution in [3.63, 3.8) is 0 Å². The van der Waals surface area contributed by atoms with Crippen LogP contribution in [0.5, 0.6) is 0 Å². The number of benzene rings is 2.